The van der Waals surface area contributed by atoms with E-state index in [4.69, 9.17) is 9.72 Å². The summed E-state index contributed by atoms with van der Waals surface area (Å²) in [5.41, 5.74) is 3.56. The largest absolute Gasteiger partial charge is 0.456 e. The van der Waals surface area contributed by atoms with Gasteiger partial charge in [0.25, 0.3) is 0 Å². The molecule has 6 heteroatoms. The van der Waals surface area contributed by atoms with Crippen LogP contribution in [0.1, 0.15) is 86.5 Å². The van der Waals surface area contributed by atoms with Gasteiger partial charge in [0.15, 0.2) is 0 Å². The molecule has 184 valence electrons. The molecule has 0 aliphatic heterocycles. The van der Waals surface area contributed by atoms with Crippen LogP contribution in [0.25, 0.3) is 11.1 Å². The Kier molecular flexibility index (Phi) is 8.48. The standard InChI is InChI=1S/C29H35N3O3/c1-6-7-13-26-31-27(20(2)19-33)25(17-30)32(26)18-21-14-15-23(22-11-9-8-10-12-22)24(16-21)28(34)35-29(3,4)5/h8-12,14-16,20,33H,6-7,13,18-19H2,1-5H3. The molecule has 1 heterocycles. The van der Waals surface area contributed by atoms with Gasteiger partial charge in [-0.1, -0.05) is 62.7 Å². The number of hydrogen-bond acceptors (Lipinski definition) is 5. The molecule has 0 spiro atoms. The first-order valence-corrected chi connectivity index (χ1v) is 12.2. The molecular weight excluding hydrogens is 438 g/mol. The van der Waals surface area contributed by atoms with Crippen LogP contribution in [0.15, 0.2) is 48.5 Å². The second kappa shape index (κ2) is 11.3. The minimum absolute atomic E-state index is 0.0759. The summed E-state index contributed by atoms with van der Waals surface area (Å²) in [6.45, 7) is 9.87. The molecule has 3 rings (SSSR count). The number of aryl methyl sites for hydroxylation is 1. The molecule has 0 saturated carbocycles. The highest BCUT2D eigenvalue weighted by atomic mass is 16.6. The maximum atomic E-state index is 13.2. The fourth-order valence-corrected chi connectivity index (χ4v) is 4.01. The number of ether oxygens (including phenoxy) is 1. The highest BCUT2D eigenvalue weighted by Crippen LogP contribution is 2.28. The minimum Gasteiger partial charge on any atom is -0.456 e. The second-order valence-corrected chi connectivity index (χ2v) is 9.89. The number of nitriles is 1. The van der Waals surface area contributed by atoms with Crippen molar-refractivity contribution in [3.63, 3.8) is 0 Å². The van der Waals surface area contributed by atoms with Gasteiger partial charge in [-0.3, -0.25) is 0 Å². The fourth-order valence-electron chi connectivity index (χ4n) is 4.01. The molecule has 6 nitrogen and oxygen atoms in total. The summed E-state index contributed by atoms with van der Waals surface area (Å²) >= 11 is 0. The van der Waals surface area contributed by atoms with Crippen molar-refractivity contribution in [2.75, 3.05) is 6.61 Å². The molecular formula is C29H35N3O3. The first-order chi connectivity index (χ1) is 16.7. The molecule has 0 aliphatic carbocycles. The summed E-state index contributed by atoms with van der Waals surface area (Å²) < 4.78 is 7.65. The van der Waals surface area contributed by atoms with Gasteiger partial charge >= 0.3 is 5.97 Å². The Bertz CT molecular complexity index is 1200. The Balaban J connectivity index is 2.09. The first-order valence-electron chi connectivity index (χ1n) is 12.2. The predicted octanol–water partition coefficient (Wildman–Crippen LogP) is 5.86. The Morgan fingerprint density at radius 1 is 1.20 bits per heavy atom. The van der Waals surface area contributed by atoms with Crippen LogP contribution in [0.5, 0.6) is 0 Å². The topological polar surface area (TPSA) is 88.1 Å². The second-order valence-electron chi connectivity index (χ2n) is 9.89. The van der Waals surface area contributed by atoms with E-state index < -0.39 is 5.60 Å². The van der Waals surface area contributed by atoms with Crippen molar-refractivity contribution in [1.82, 2.24) is 9.55 Å². The Morgan fingerprint density at radius 3 is 2.51 bits per heavy atom. The lowest BCUT2D eigenvalue weighted by Gasteiger charge is -2.21. The van der Waals surface area contributed by atoms with E-state index >= 15 is 0 Å². The van der Waals surface area contributed by atoms with Gasteiger partial charge in [-0.25, -0.2) is 9.78 Å². The molecule has 1 N–H and O–H groups in total. The molecule has 2 aromatic carbocycles. The number of aliphatic hydroxyl groups is 1. The van der Waals surface area contributed by atoms with Crippen molar-refractivity contribution in [3.8, 4) is 17.2 Å². The lowest BCUT2D eigenvalue weighted by Crippen LogP contribution is -2.24. The van der Waals surface area contributed by atoms with E-state index in [-0.39, 0.29) is 18.5 Å². The van der Waals surface area contributed by atoms with Crippen LogP contribution in [0.3, 0.4) is 0 Å². The highest BCUT2D eigenvalue weighted by Gasteiger charge is 2.24. The van der Waals surface area contributed by atoms with Gasteiger partial charge in [0, 0.05) is 12.3 Å². The number of carbonyl (C=O) groups is 1. The Hall–Kier alpha value is -3.43. The highest BCUT2D eigenvalue weighted by molar-refractivity contribution is 5.97. The average molecular weight is 474 g/mol. The number of benzene rings is 2. The zero-order valence-electron chi connectivity index (χ0n) is 21.3. The number of carbonyl (C=O) groups excluding carboxylic acids is 1. The van der Waals surface area contributed by atoms with E-state index in [0.717, 1.165) is 41.8 Å². The average Bonchev–Trinajstić information content (AvgIpc) is 3.18. The minimum atomic E-state index is -0.623. The van der Waals surface area contributed by atoms with Gasteiger partial charge in [-0.2, -0.15) is 5.26 Å². The maximum absolute atomic E-state index is 13.2. The number of rotatable bonds is 9. The fraction of sp³-hybridized carbons (Fsp3) is 0.414. The van der Waals surface area contributed by atoms with Crippen LogP contribution in [0, 0.1) is 11.3 Å². The SMILES string of the molecule is CCCCc1nc(C(C)CO)c(C#N)n1Cc1ccc(-c2ccccc2)c(C(=O)OC(C)(C)C)c1. The van der Waals surface area contributed by atoms with Gasteiger partial charge in [-0.05, 0) is 49.9 Å². The molecule has 0 aliphatic rings. The third kappa shape index (κ3) is 6.37. The Labute approximate surface area is 208 Å². The Morgan fingerprint density at radius 2 is 1.91 bits per heavy atom. The molecule has 1 unspecified atom stereocenters. The number of imidazole rings is 1. The number of hydrogen-bond donors (Lipinski definition) is 1. The van der Waals surface area contributed by atoms with Gasteiger partial charge in [0.2, 0.25) is 0 Å². The first kappa shape index (κ1) is 26.2. The molecule has 0 amide bonds. The van der Waals surface area contributed by atoms with Gasteiger partial charge in [-0.15, -0.1) is 0 Å². The lowest BCUT2D eigenvalue weighted by atomic mass is 9.97. The van der Waals surface area contributed by atoms with Crippen LogP contribution in [0.4, 0.5) is 0 Å². The van der Waals surface area contributed by atoms with Gasteiger partial charge in [0.1, 0.15) is 23.2 Å². The van der Waals surface area contributed by atoms with Crippen LogP contribution < -0.4 is 0 Å². The number of aliphatic hydroxyl groups excluding tert-OH is 1. The van der Waals surface area contributed by atoms with Crippen molar-refractivity contribution in [2.24, 2.45) is 0 Å². The van der Waals surface area contributed by atoms with Gasteiger partial charge in [0.05, 0.1) is 24.4 Å². The van der Waals surface area contributed by atoms with Crippen molar-refractivity contribution in [3.05, 3.63) is 76.9 Å². The van der Waals surface area contributed by atoms with E-state index in [1.807, 2.05) is 80.8 Å². The number of esters is 1. The molecule has 1 atom stereocenters. The van der Waals surface area contributed by atoms with Crippen LogP contribution in [-0.2, 0) is 17.7 Å². The van der Waals surface area contributed by atoms with E-state index in [0.29, 0.717) is 23.5 Å². The smallest absolute Gasteiger partial charge is 0.339 e. The quantitative estimate of drug-likeness (QED) is 0.393. The molecule has 0 radical (unpaired) electrons. The maximum Gasteiger partial charge on any atom is 0.339 e. The van der Waals surface area contributed by atoms with Crippen molar-refractivity contribution < 1.29 is 14.6 Å². The molecule has 35 heavy (non-hydrogen) atoms. The van der Waals surface area contributed by atoms with E-state index in [1.165, 1.54) is 0 Å². The van der Waals surface area contributed by atoms with Crippen molar-refractivity contribution in [2.45, 2.75) is 71.9 Å². The molecule has 0 bridgehead atoms. The predicted molar refractivity (Wildman–Crippen MR) is 137 cm³/mol. The number of nitrogens with zero attached hydrogens (tertiary/aromatic N) is 3. The van der Waals surface area contributed by atoms with Crippen molar-refractivity contribution in [1.29, 1.82) is 5.26 Å². The third-order valence-electron chi connectivity index (χ3n) is 5.80. The summed E-state index contributed by atoms with van der Waals surface area (Å²) in [6, 6.07) is 17.8. The van der Waals surface area contributed by atoms with Crippen LogP contribution in [0.2, 0.25) is 0 Å². The lowest BCUT2D eigenvalue weighted by molar-refractivity contribution is 0.00703. The summed E-state index contributed by atoms with van der Waals surface area (Å²) in [7, 11) is 0. The van der Waals surface area contributed by atoms with Crippen LogP contribution >= 0.6 is 0 Å². The molecule has 0 fully saturated rings. The molecule has 0 saturated heterocycles. The zero-order valence-corrected chi connectivity index (χ0v) is 21.3. The molecule has 3 aromatic rings. The van der Waals surface area contributed by atoms with Crippen LogP contribution in [-0.4, -0.2) is 32.8 Å². The van der Waals surface area contributed by atoms with Crippen molar-refractivity contribution >= 4 is 5.97 Å². The number of unbranched alkanes of at least 4 members (excludes halogenated alkanes) is 1. The normalized spacial score (nSPS) is 12.3. The molecule has 1 aromatic heterocycles. The third-order valence-corrected chi connectivity index (χ3v) is 5.80. The van der Waals surface area contributed by atoms with E-state index in [9.17, 15) is 15.2 Å². The van der Waals surface area contributed by atoms with E-state index in [2.05, 4.69) is 13.0 Å². The summed E-state index contributed by atoms with van der Waals surface area (Å²) in [4.78, 5) is 17.9. The number of aromatic nitrogens is 2. The van der Waals surface area contributed by atoms with E-state index in [1.54, 1.807) is 0 Å². The summed E-state index contributed by atoms with van der Waals surface area (Å²) in [5.74, 6) is 0.207. The summed E-state index contributed by atoms with van der Waals surface area (Å²) in [6.07, 6.45) is 2.70. The zero-order chi connectivity index (χ0) is 25.6. The monoisotopic (exact) mass is 473 g/mol. The van der Waals surface area contributed by atoms with Gasteiger partial charge < -0.3 is 14.4 Å². The summed E-state index contributed by atoms with van der Waals surface area (Å²) in [5, 5.41) is 19.7.